The van der Waals surface area contributed by atoms with Crippen LogP contribution in [0.25, 0.3) is 0 Å². The van der Waals surface area contributed by atoms with Gasteiger partial charge < -0.3 is 19.3 Å². The van der Waals surface area contributed by atoms with Crippen molar-refractivity contribution >= 4 is 11.9 Å². The summed E-state index contributed by atoms with van der Waals surface area (Å²) >= 11 is 0. The van der Waals surface area contributed by atoms with Crippen LogP contribution in [0.1, 0.15) is 50.2 Å². The zero-order chi connectivity index (χ0) is 27.1. The number of aryl methyl sites for hydroxylation is 1. The van der Waals surface area contributed by atoms with Crippen LogP contribution in [0.2, 0.25) is 0 Å². The van der Waals surface area contributed by atoms with E-state index in [1.807, 2.05) is 61.2 Å². The van der Waals surface area contributed by atoms with Crippen LogP contribution in [-0.4, -0.2) is 73.1 Å². The van der Waals surface area contributed by atoms with Gasteiger partial charge >= 0.3 is 5.97 Å². The van der Waals surface area contributed by atoms with E-state index in [9.17, 15) is 14.7 Å². The highest BCUT2D eigenvalue weighted by atomic mass is 16.7. The van der Waals surface area contributed by atoms with Crippen molar-refractivity contribution in [2.45, 2.75) is 51.5 Å². The average Bonchev–Trinajstić information content (AvgIpc) is 3.54. The molecule has 206 valence electrons. The van der Waals surface area contributed by atoms with E-state index in [0.717, 1.165) is 29.7 Å². The highest BCUT2D eigenvalue weighted by Crippen LogP contribution is 2.43. The summed E-state index contributed by atoms with van der Waals surface area (Å²) in [7, 11) is 1.63. The first-order chi connectivity index (χ1) is 18.5. The third-order valence-electron chi connectivity index (χ3n) is 7.25. The molecule has 2 heterocycles. The third-order valence-corrected chi connectivity index (χ3v) is 7.25. The van der Waals surface area contributed by atoms with Gasteiger partial charge in [-0.3, -0.25) is 19.3 Å². The van der Waals surface area contributed by atoms with Crippen LogP contribution < -0.4 is 14.2 Å². The lowest BCUT2D eigenvalue weighted by atomic mass is 9.83. The second-order valence-corrected chi connectivity index (χ2v) is 9.76. The number of aliphatic carboxylic acids is 1. The summed E-state index contributed by atoms with van der Waals surface area (Å²) in [6.07, 6.45) is 2.76. The van der Waals surface area contributed by atoms with E-state index >= 15 is 0 Å². The van der Waals surface area contributed by atoms with Crippen molar-refractivity contribution in [1.82, 2.24) is 9.96 Å². The number of hydroxylamine groups is 2. The Kier molecular flexibility index (Phi) is 9.47. The molecule has 1 saturated heterocycles. The van der Waals surface area contributed by atoms with Crippen LogP contribution in [0.5, 0.6) is 17.2 Å². The summed E-state index contributed by atoms with van der Waals surface area (Å²) in [4.78, 5) is 33.8. The molecule has 1 fully saturated rings. The Morgan fingerprint density at radius 1 is 1.11 bits per heavy atom. The minimum absolute atomic E-state index is 0.0884. The fourth-order valence-electron chi connectivity index (χ4n) is 5.47. The number of amides is 1. The Balaban J connectivity index is 1.62. The normalized spacial score (nSPS) is 20.4. The van der Waals surface area contributed by atoms with Crippen LogP contribution in [0.3, 0.4) is 0 Å². The molecule has 0 bridgehead atoms. The lowest BCUT2D eigenvalue weighted by Crippen LogP contribution is -2.44. The molecule has 0 spiro atoms. The van der Waals surface area contributed by atoms with Gasteiger partial charge in [-0.25, -0.2) is 5.06 Å². The maximum Gasteiger partial charge on any atom is 0.308 e. The number of ether oxygens (including phenoxy) is 3. The fourth-order valence-corrected chi connectivity index (χ4v) is 5.47. The highest BCUT2D eigenvalue weighted by molar-refractivity contribution is 5.78. The largest absolute Gasteiger partial charge is 0.496 e. The van der Waals surface area contributed by atoms with Gasteiger partial charge in [-0.05, 0) is 55.0 Å². The first kappa shape index (κ1) is 27.7. The second kappa shape index (κ2) is 13.0. The molecule has 0 aromatic heterocycles. The van der Waals surface area contributed by atoms with E-state index in [2.05, 4.69) is 0 Å². The molecule has 0 radical (unpaired) electrons. The van der Waals surface area contributed by atoms with Crippen molar-refractivity contribution < 1.29 is 33.7 Å². The van der Waals surface area contributed by atoms with Crippen molar-refractivity contribution in [1.29, 1.82) is 0 Å². The molecule has 1 N–H and O–H groups in total. The number of likely N-dealkylation sites (tertiary alicyclic amines) is 1. The Morgan fingerprint density at radius 2 is 1.89 bits per heavy atom. The maximum atomic E-state index is 13.3. The van der Waals surface area contributed by atoms with Gasteiger partial charge in [0.15, 0.2) is 11.5 Å². The molecule has 3 atom stereocenters. The summed E-state index contributed by atoms with van der Waals surface area (Å²) in [6.45, 7) is 5.62. The molecule has 2 aromatic rings. The highest BCUT2D eigenvalue weighted by Gasteiger charge is 2.47. The molecule has 3 unspecified atom stereocenters. The number of para-hydroxylation sites is 1. The quantitative estimate of drug-likeness (QED) is 0.390. The van der Waals surface area contributed by atoms with E-state index in [-0.39, 0.29) is 31.2 Å². The molecule has 4 rings (SSSR count). The van der Waals surface area contributed by atoms with E-state index in [1.54, 1.807) is 7.11 Å². The van der Waals surface area contributed by atoms with Crippen LogP contribution in [0.15, 0.2) is 42.5 Å². The molecule has 2 aliphatic rings. The molecule has 9 nitrogen and oxygen atoms in total. The second-order valence-electron chi connectivity index (χ2n) is 9.76. The zero-order valence-corrected chi connectivity index (χ0v) is 22.4. The number of rotatable bonds is 13. The Bertz CT molecular complexity index is 1110. The van der Waals surface area contributed by atoms with Crippen molar-refractivity contribution in [3.63, 3.8) is 0 Å². The van der Waals surface area contributed by atoms with E-state index in [4.69, 9.17) is 19.0 Å². The van der Waals surface area contributed by atoms with Gasteiger partial charge in [0.2, 0.25) is 6.79 Å². The summed E-state index contributed by atoms with van der Waals surface area (Å²) in [5.74, 6) is 0.00552. The molecule has 2 aliphatic heterocycles. The predicted molar refractivity (Wildman–Crippen MR) is 141 cm³/mol. The summed E-state index contributed by atoms with van der Waals surface area (Å²) in [5.41, 5.74) is 1.88. The van der Waals surface area contributed by atoms with Gasteiger partial charge in [0.05, 0.1) is 26.2 Å². The number of fused-ring (bicyclic) bond motifs is 1. The van der Waals surface area contributed by atoms with Gasteiger partial charge in [0.1, 0.15) is 5.75 Å². The predicted octanol–water partition coefficient (Wildman–Crippen LogP) is 4.11. The number of carbonyl (C=O) groups excluding carboxylic acids is 1. The molecule has 0 aliphatic carbocycles. The van der Waals surface area contributed by atoms with Crippen molar-refractivity contribution in [2.75, 3.05) is 40.1 Å². The molecule has 0 saturated carbocycles. The molecule has 2 aromatic carbocycles. The standard InChI is InChI=1S/C29H38N2O7/c1-4-14-31(38-15-5-2)27(32)18-30-17-22(21-11-13-25-26(16-21)37-19-36-25)28(29(33)34)23(30)12-10-20-8-6-7-9-24(20)35-3/h6-9,11,13,16,22-23,28H,4-5,10,12,14-15,17-19H2,1-3H3,(H,33,34). The Morgan fingerprint density at radius 3 is 2.63 bits per heavy atom. The smallest absolute Gasteiger partial charge is 0.308 e. The third kappa shape index (κ3) is 6.22. The monoisotopic (exact) mass is 526 g/mol. The minimum Gasteiger partial charge on any atom is -0.496 e. The van der Waals surface area contributed by atoms with Gasteiger partial charge in [-0.1, -0.05) is 38.1 Å². The van der Waals surface area contributed by atoms with Crippen LogP contribution in [0.4, 0.5) is 0 Å². The van der Waals surface area contributed by atoms with E-state index in [1.165, 1.54) is 5.06 Å². The van der Waals surface area contributed by atoms with Crippen LogP contribution >= 0.6 is 0 Å². The number of hydrogen-bond acceptors (Lipinski definition) is 7. The van der Waals surface area contributed by atoms with Gasteiger partial charge in [0.25, 0.3) is 5.91 Å². The summed E-state index contributed by atoms with van der Waals surface area (Å²) in [6, 6.07) is 13.0. The molecule has 9 heteroatoms. The van der Waals surface area contributed by atoms with Gasteiger partial charge in [-0.15, -0.1) is 0 Å². The lowest BCUT2D eigenvalue weighted by molar-refractivity contribution is -0.188. The molecular formula is C29H38N2O7. The summed E-state index contributed by atoms with van der Waals surface area (Å²) in [5, 5.41) is 11.9. The van der Waals surface area contributed by atoms with Crippen molar-refractivity contribution in [2.24, 2.45) is 5.92 Å². The average molecular weight is 527 g/mol. The number of nitrogens with zero attached hydrogens (tertiary/aromatic N) is 2. The van der Waals surface area contributed by atoms with E-state index < -0.39 is 11.9 Å². The van der Waals surface area contributed by atoms with Gasteiger partial charge in [0, 0.05) is 25.0 Å². The van der Waals surface area contributed by atoms with Crippen LogP contribution in [-0.2, 0) is 20.8 Å². The van der Waals surface area contributed by atoms with Crippen LogP contribution in [0, 0.1) is 5.92 Å². The number of carboxylic acid groups (broad SMARTS) is 1. The zero-order valence-electron chi connectivity index (χ0n) is 22.4. The first-order valence-electron chi connectivity index (χ1n) is 13.4. The number of carboxylic acids is 1. The maximum absolute atomic E-state index is 13.3. The number of carbonyl (C=O) groups is 2. The number of hydrogen-bond donors (Lipinski definition) is 1. The van der Waals surface area contributed by atoms with Crippen molar-refractivity contribution in [3.05, 3.63) is 53.6 Å². The summed E-state index contributed by atoms with van der Waals surface area (Å²) < 4.78 is 16.5. The number of methoxy groups -OCH3 is 1. The molecule has 38 heavy (non-hydrogen) atoms. The Labute approximate surface area is 224 Å². The molecule has 1 amide bonds. The van der Waals surface area contributed by atoms with Gasteiger partial charge in [-0.2, -0.15) is 0 Å². The SMILES string of the molecule is CCCON(CCC)C(=O)CN1CC(c2ccc3c(c2)OCO3)C(C(=O)O)C1CCc1ccccc1OC. The van der Waals surface area contributed by atoms with Crippen molar-refractivity contribution in [3.8, 4) is 17.2 Å². The van der Waals surface area contributed by atoms with E-state index in [0.29, 0.717) is 44.0 Å². The number of benzene rings is 2. The first-order valence-corrected chi connectivity index (χ1v) is 13.4. The minimum atomic E-state index is -0.875. The topological polar surface area (TPSA) is 97.8 Å². The fraction of sp³-hybridized carbons (Fsp3) is 0.517. The lowest BCUT2D eigenvalue weighted by Gasteiger charge is -2.29. The Hall–Kier alpha value is -3.30. The molecular weight excluding hydrogens is 488 g/mol.